The Balaban J connectivity index is 2.17. The summed E-state index contributed by atoms with van der Waals surface area (Å²) in [6.07, 6.45) is 0.473. The van der Waals surface area contributed by atoms with Crippen LogP contribution in [0, 0.1) is 17.8 Å². The number of benzene rings is 1. The van der Waals surface area contributed by atoms with Crippen LogP contribution in [-0.2, 0) is 16.0 Å². The fourth-order valence-electron chi connectivity index (χ4n) is 3.08. The number of carboxylic acids is 1. The SMILES string of the molecule is [2H]C([2H])(c1ccccc1)[C@]([2H])(NC(=O)C1CCC(C(C)C)CC1)C(=O)O. The fraction of sp³-hybridized carbons (Fsp3) is 0.579. The molecular weight excluding hydrogens is 290 g/mol. The summed E-state index contributed by atoms with van der Waals surface area (Å²) in [5.41, 5.74) is 0.0428. The first kappa shape index (κ1) is 13.6. The van der Waals surface area contributed by atoms with Gasteiger partial charge in [0.15, 0.2) is 0 Å². The molecule has 0 bridgehead atoms. The van der Waals surface area contributed by atoms with Gasteiger partial charge in [-0.1, -0.05) is 44.2 Å². The summed E-state index contributed by atoms with van der Waals surface area (Å²) in [6.45, 7) is 4.30. The van der Waals surface area contributed by atoms with Crippen molar-refractivity contribution in [3.8, 4) is 0 Å². The second kappa shape index (κ2) is 8.14. The number of hydrogen-bond acceptors (Lipinski definition) is 2. The molecule has 1 atom stereocenters. The maximum atomic E-state index is 12.6. The Morgan fingerprint density at radius 3 is 2.39 bits per heavy atom. The normalized spacial score (nSPS) is 26.5. The van der Waals surface area contributed by atoms with Crippen LogP contribution in [-0.4, -0.2) is 23.0 Å². The predicted molar refractivity (Wildman–Crippen MR) is 90.0 cm³/mol. The quantitative estimate of drug-likeness (QED) is 0.845. The predicted octanol–water partition coefficient (Wildman–Crippen LogP) is 3.26. The Labute approximate surface area is 142 Å². The van der Waals surface area contributed by atoms with Gasteiger partial charge in [0, 0.05) is 15.0 Å². The van der Waals surface area contributed by atoms with Crippen molar-refractivity contribution in [3.05, 3.63) is 35.9 Å². The van der Waals surface area contributed by atoms with Gasteiger partial charge in [0.25, 0.3) is 0 Å². The van der Waals surface area contributed by atoms with Crippen LogP contribution in [0.25, 0.3) is 0 Å². The van der Waals surface area contributed by atoms with E-state index < -0.39 is 24.3 Å². The summed E-state index contributed by atoms with van der Waals surface area (Å²) in [6, 6.07) is 4.88. The fourth-order valence-corrected chi connectivity index (χ4v) is 3.08. The molecule has 1 fully saturated rings. The Morgan fingerprint density at radius 1 is 1.26 bits per heavy atom. The van der Waals surface area contributed by atoms with Crippen molar-refractivity contribution in [1.29, 1.82) is 0 Å². The van der Waals surface area contributed by atoms with E-state index in [4.69, 9.17) is 4.11 Å². The number of rotatable bonds is 6. The molecule has 0 unspecified atom stereocenters. The van der Waals surface area contributed by atoms with E-state index in [1.165, 1.54) is 12.1 Å². The third-order valence-electron chi connectivity index (χ3n) is 4.59. The van der Waals surface area contributed by atoms with Crippen LogP contribution in [0.5, 0.6) is 0 Å². The van der Waals surface area contributed by atoms with Gasteiger partial charge in [-0.15, -0.1) is 0 Å². The second-order valence-electron chi connectivity index (χ2n) is 6.52. The van der Waals surface area contributed by atoms with Gasteiger partial charge in [0.05, 0.1) is 1.37 Å². The highest BCUT2D eigenvalue weighted by Crippen LogP contribution is 2.33. The number of aliphatic carboxylic acids is 1. The van der Waals surface area contributed by atoms with E-state index in [1.54, 1.807) is 18.2 Å². The smallest absolute Gasteiger partial charge is 0.326 e. The van der Waals surface area contributed by atoms with E-state index in [-0.39, 0.29) is 11.5 Å². The lowest BCUT2D eigenvalue weighted by Crippen LogP contribution is -2.45. The van der Waals surface area contributed by atoms with Crippen molar-refractivity contribution in [2.75, 3.05) is 0 Å². The van der Waals surface area contributed by atoms with Gasteiger partial charge >= 0.3 is 5.97 Å². The maximum Gasteiger partial charge on any atom is 0.326 e. The molecule has 1 amide bonds. The van der Waals surface area contributed by atoms with Crippen molar-refractivity contribution in [2.24, 2.45) is 17.8 Å². The third-order valence-corrected chi connectivity index (χ3v) is 4.59. The van der Waals surface area contributed by atoms with Gasteiger partial charge in [-0.25, -0.2) is 4.79 Å². The molecule has 1 aromatic rings. The van der Waals surface area contributed by atoms with E-state index in [0.717, 1.165) is 12.8 Å². The summed E-state index contributed by atoms with van der Waals surface area (Å²) in [4.78, 5) is 24.4. The van der Waals surface area contributed by atoms with Gasteiger partial charge < -0.3 is 10.4 Å². The number of carbonyl (C=O) groups excluding carboxylic acids is 1. The molecule has 0 saturated heterocycles. The summed E-state index contributed by atoms with van der Waals surface area (Å²) < 4.78 is 24.7. The lowest BCUT2D eigenvalue weighted by atomic mass is 9.76. The molecular formula is C19H27NO3. The molecule has 0 aliphatic heterocycles. The van der Waals surface area contributed by atoms with Crippen molar-refractivity contribution < 1.29 is 18.8 Å². The molecule has 23 heavy (non-hydrogen) atoms. The van der Waals surface area contributed by atoms with Gasteiger partial charge in [-0.3, -0.25) is 4.79 Å². The number of carboxylic acid groups (broad SMARTS) is 1. The maximum absolute atomic E-state index is 12.6. The molecule has 1 aromatic carbocycles. The lowest BCUT2D eigenvalue weighted by molar-refractivity contribution is -0.142. The second-order valence-corrected chi connectivity index (χ2v) is 6.52. The van der Waals surface area contributed by atoms with Crippen molar-refractivity contribution in [3.63, 3.8) is 0 Å². The first-order valence-corrected chi connectivity index (χ1v) is 8.20. The minimum absolute atomic E-state index is 0.0428. The molecule has 4 nitrogen and oxygen atoms in total. The average molecular weight is 320 g/mol. The molecule has 1 saturated carbocycles. The Bertz CT molecular complexity index is 643. The van der Waals surface area contributed by atoms with Crippen molar-refractivity contribution >= 4 is 11.9 Å². The standard InChI is InChI=1S/C19H27NO3/c1-13(2)15-8-10-16(11-9-15)18(21)20-17(19(22)23)12-14-6-4-3-5-7-14/h3-7,13,15-17H,8-12H2,1-2H3,(H,20,21)(H,22,23)/t15?,16?,17-/m0/s1/i12D2,17D. The Hall–Kier alpha value is -1.84. The Morgan fingerprint density at radius 2 is 1.87 bits per heavy atom. The largest absolute Gasteiger partial charge is 0.480 e. The zero-order valence-corrected chi connectivity index (χ0v) is 13.7. The van der Waals surface area contributed by atoms with Crippen molar-refractivity contribution in [2.45, 2.75) is 51.9 Å². The van der Waals surface area contributed by atoms with E-state index in [1.807, 2.05) is 0 Å². The highest BCUT2D eigenvalue weighted by Gasteiger charge is 2.30. The molecule has 2 N–H and O–H groups in total. The number of carbonyl (C=O) groups is 2. The summed E-state index contributed by atoms with van der Waals surface area (Å²) in [5.74, 6) is -1.55. The molecule has 0 spiro atoms. The minimum atomic E-state index is -2.79. The lowest BCUT2D eigenvalue weighted by Gasteiger charge is -2.30. The molecule has 0 aromatic heterocycles. The van der Waals surface area contributed by atoms with Crippen LogP contribution in [0.15, 0.2) is 30.3 Å². The van der Waals surface area contributed by atoms with Gasteiger partial charge in [0.1, 0.15) is 6.02 Å². The number of hydrogen-bond donors (Lipinski definition) is 2. The highest BCUT2D eigenvalue weighted by molar-refractivity contribution is 5.85. The highest BCUT2D eigenvalue weighted by atomic mass is 16.4. The molecule has 0 radical (unpaired) electrons. The average Bonchev–Trinajstić information content (AvgIpc) is 2.62. The van der Waals surface area contributed by atoms with Crippen LogP contribution in [0.4, 0.5) is 0 Å². The van der Waals surface area contributed by atoms with Crippen LogP contribution < -0.4 is 5.32 Å². The first-order chi connectivity index (χ1) is 12.1. The molecule has 1 aliphatic rings. The zero-order chi connectivity index (χ0) is 19.5. The zero-order valence-electron chi connectivity index (χ0n) is 16.7. The van der Waals surface area contributed by atoms with Crippen LogP contribution in [0.2, 0.25) is 0 Å². The Kier molecular flexibility index (Phi) is 4.81. The van der Waals surface area contributed by atoms with Gasteiger partial charge in [-0.05, 0) is 43.1 Å². The summed E-state index contributed by atoms with van der Waals surface area (Å²) in [7, 11) is 0. The van der Waals surface area contributed by atoms with Gasteiger partial charge in [-0.2, -0.15) is 0 Å². The summed E-state index contributed by atoms with van der Waals surface area (Å²) >= 11 is 0. The molecule has 126 valence electrons. The first-order valence-electron chi connectivity index (χ1n) is 9.70. The van der Waals surface area contributed by atoms with E-state index >= 15 is 0 Å². The number of amides is 1. The van der Waals surface area contributed by atoms with Crippen LogP contribution >= 0.6 is 0 Å². The van der Waals surface area contributed by atoms with Crippen LogP contribution in [0.3, 0.4) is 0 Å². The van der Waals surface area contributed by atoms with E-state index in [2.05, 4.69) is 19.2 Å². The van der Waals surface area contributed by atoms with Crippen LogP contribution in [0.1, 0.15) is 49.2 Å². The monoisotopic (exact) mass is 320 g/mol. The topological polar surface area (TPSA) is 66.4 Å². The van der Waals surface area contributed by atoms with Crippen molar-refractivity contribution in [1.82, 2.24) is 5.32 Å². The number of nitrogens with one attached hydrogen (secondary N) is 1. The third kappa shape index (κ3) is 5.08. The molecule has 1 aliphatic carbocycles. The minimum Gasteiger partial charge on any atom is -0.480 e. The van der Waals surface area contributed by atoms with Gasteiger partial charge in [0.2, 0.25) is 5.91 Å². The summed E-state index contributed by atoms with van der Waals surface area (Å²) in [5, 5.41) is 11.7. The van der Waals surface area contributed by atoms with E-state index in [0.29, 0.717) is 24.7 Å². The molecule has 4 heteroatoms. The molecule has 0 heterocycles. The van der Waals surface area contributed by atoms with E-state index in [9.17, 15) is 14.7 Å². The molecule has 2 rings (SSSR count).